The van der Waals surface area contributed by atoms with Crippen molar-refractivity contribution in [3.63, 3.8) is 0 Å². The molecule has 24 nitrogen and oxygen atoms in total. The van der Waals surface area contributed by atoms with Crippen molar-refractivity contribution in [1.82, 2.24) is 0 Å². The summed E-state index contributed by atoms with van der Waals surface area (Å²) in [5.74, 6) is 0. The van der Waals surface area contributed by atoms with Gasteiger partial charge in [0, 0.05) is 18.6 Å². The van der Waals surface area contributed by atoms with E-state index in [9.17, 15) is 51.1 Å². The summed E-state index contributed by atoms with van der Waals surface area (Å²) in [6.45, 7) is -2.32. The van der Waals surface area contributed by atoms with E-state index < -0.39 is 167 Å². The van der Waals surface area contributed by atoms with Crippen molar-refractivity contribution in [3.8, 4) is 0 Å². The average molecular weight is 777 g/mol. The number of ether oxygens (including phenoxy) is 8. The van der Waals surface area contributed by atoms with Crippen molar-refractivity contribution in [2.75, 3.05) is 26.4 Å². The molecule has 0 amide bonds. The molecule has 0 aromatic rings. The van der Waals surface area contributed by atoms with Gasteiger partial charge in [-0.3, -0.25) is 0 Å². The molecule has 310 valence electrons. The Morgan fingerprint density at radius 1 is 0.415 bits per heavy atom. The second-order valence-corrected chi connectivity index (χ2v) is 14.1. The quantitative estimate of drug-likeness (QED) is 0.0874. The molecule has 0 unspecified atom stereocenters. The fourth-order valence-electron chi connectivity index (χ4n) is 7.24. The number of rotatable bonds is 12. The molecular formula is C29H56N6O18. The van der Waals surface area contributed by atoms with Crippen molar-refractivity contribution in [2.45, 2.75) is 153 Å². The molecule has 24 heteroatoms. The molecule has 1 saturated carbocycles. The van der Waals surface area contributed by atoms with Gasteiger partial charge in [-0.2, -0.15) is 0 Å². The highest BCUT2D eigenvalue weighted by Crippen LogP contribution is 2.35. The van der Waals surface area contributed by atoms with Gasteiger partial charge in [0.25, 0.3) is 0 Å². The highest BCUT2D eigenvalue weighted by atomic mass is 16.8. The topological polar surface area (TPSA) is 432 Å². The molecule has 24 atom stereocenters. The Morgan fingerprint density at radius 2 is 0.849 bits per heavy atom. The zero-order valence-corrected chi connectivity index (χ0v) is 28.6. The van der Waals surface area contributed by atoms with E-state index >= 15 is 0 Å². The fourth-order valence-corrected chi connectivity index (χ4v) is 7.24. The van der Waals surface area contributed by atoms with Gasteiger partial charge in [0.15, 0.2) is 25.2 Å². The summed E-state index contributed by atoms with van der Waals surface area (Å²) in [6.07, 6.45) is -27.8. The fraction of sp³-hybridized carbons (Fsp3) is 1.00. The Balaban J connectivity index is 1.29. The Hall–Kier alpha value is -0.960. The predicted octanol–water partition coefficient (Wildman–Crippen LogP) is -11.1. The van der Waals surface area contributed by atoms with Crippen LogP contribution in [0.3, 0.4) is 0 Å². The van der Waals surface area contributed by atoms with Crippen LogP contribution in [0.5, 0.6) is 0 Å². The Morgan fingerprint density at radius 3 is 1.43 bits per heavy atom. The molecule has 53 heavy (non-hydrogen) atoms. The van der Waals surface area contributed by atoms with Crippen LogP contribution >= 0.6 is 0 Å². The lowest BCUT2D eigenvalue weighted by Gasteiger charge is -2.49. The Labute approximate surface area is 303 Å². The number of aliphatic hydroxyl groups excluding tert-OH is 10. The molecule has 5 fully saturated rings. The van der Waals surface area contributed by atoms with E-state index in [1.54, 1.807) is 0 Å². The van der Waals surface area contributed by atoms with Crippen molar-refractivity contribution < 1.29 is 89.0 Å². The number of nitrogens with two attached hydrogens (primary N) is 6. The van der Waals surface area contributed by atoms with Crippen molar-refractivity contribution in [2.24, 2.45) is 34.4 Å². The van der Waals surface area contributed by atoms with Gasteiger partial charge in [-0.05, 0) is 6.42 Å². The lowest BCUT2D eigenvalue weighted by Crippen LogP contribution is -2.69. The van der Waals surface area contributed by atoms with Gasteiger partial charge in [0.1, 0.15) is 85.5 Å². The number of hydrogen-bond donors (Lipinski definition) is 16. The van der Waals surface area contributed by atoms with E-state index in [4.69, 9.17) is 72.3 Å². The highest BCUT2D eigenvalue weighted by Gasteiger charge is 2.55. The third-order valence-corrected chi connectivity index (χ3v) is 10.5. The van der Waals surface area contributed by atoms with Crippen LogP contribution < -0.4 is 34.4 Å². The first-order valence-corrected chi connectivity index (χ1v) is 17.4. The second-order valence-electron chi connectivity index (χ2n) is 14.1. The molecule has 5 aliphatic rings. The summed E-state index contributed by atoms with van der Waals surface area (Å²) < 4.78 is 46.3. The van der Waals surface area contributed by atoms with Gasteiger partial charge in [-0.15, -0.1) is 0 Å². The third kappa shape index (κ3) is 8.66. The standard InChI is InChI=1S/C29H56N6O18/c30-2-8-16(40)18(42)13(34)26(46-8)51-24-11(5-38)49-29(21(24)45)53-25-15(39)6(31)1-7(32)22(25)50-27-14(35)19(43)23(10(4-37)48-27)52-28-20(44)17(41)12(33)9(3-36)47-28/h6-29,36-45H,1-5,30-35H2/t6-,7+,8+,9-,10-,11-,12-,13-,14-,15+,16-,17+,18-,19-,20-,21-,22-,23-,24-,25-,26-,27-,28+,29+/m1/s1. The summed E-state index contributed by atoms with van der Waals surface area (Å²) in [4.78, 5) is 0. The Bertz CT molecular complexity index is 1160. The summed E-state index contributed by atoms with van der Waals surface area (Å²) in [7, 11) is 0. The van der Waals surface area contributed by atoms with Crippen LogP contribution in [-0.4, -0.2) is 224 Å². The molecule has 0 radical (unpaired) electrons. The maximum absolute atomic E-state index is 11.3. The zero-order chi connectivity index (χ0) is 39.0. The summed E-state index contributed by atoms with van der Waals surface area (Å²) in [5.41, 5.74) is 36.3. The maximum Gasteiger partial charge on any atom is 0.187 e. The maximum atomic E-state index is 11.3. The molecule has 0 aromatic heterocycles. The van der Waals surface area contributed by atoms with Crippen LogP contribution in [0, 0.1) is 0 Å². The average Bonchev–Trinajstić information content (AvgIpc) is 3.44. The smallest absolute Gasteiger partial charge is 0.187 e. The van der Waals surface area contributed by atoms with E-state index in [0.29, 0.717) is 0 Å². The minimum atomic E-state index is -1.72. The van der Waals surface area contributed by atoms with Crippen LogP contribution in [0.4, 0.5) is 0 Å². The molecule has 0 aromatic carbocycles. The van der Waals surface area contributed by atoms with Crippen molar-refractivity contribution in [3.05, 3.63) is 0 Å². The molecule has 4 saturated heterocycles. The van der Waals surface area contributed by atoms with Gasteiger partial charge in [0.05, 0.1) is 44.1 Å². The molecular weight excluding hydrogens is 720 g/mol. The van der Waals surface area contributed by atoms with Gasteiger partial charge >= 0.3 is 0 Å². The van der Waals surface area contributed by atoms with Crippen LogP contribution in [0.1, 0.15) is 6.42 Å². The number of aliphatic hydroxyl groups is 10. The van der Waals surface area contributed by atoms with Gasteiger partial charge < -0.3 is 123 Å². The first kappa shape index (κ1) is 43.2. The molecule has 4 aliphatic heterocycles. The lowest BCUT2D eigenvalue weighted by atomic mass is 9.84. The monoisotopic (exact) mass is 776 g/mol. The van der Waals surface area contributed by atoms with E-state index in [1.165, 1.54) is 0 Å². The lowest BCUT2D eigenvalue weighted by molar-refractivity contribution is -0.347. The number of hydrogen-bond acceptors (Lipinski definition) is 24. The highest BCUT2D eigenvalue weighted by molar-refractivity contribution is 5.03. The molecule has 0 spiro atoms. The van der Waals surface area contributed by atoms with E-state index in [2.05, 4.69) is 0 Å². The third-order valence-electron chi connectivity index (χ3n) is 10.5. The van der Waals surface area contributed by atoms with Crippen LogP contribution in [0.2, 0.25) is 0 Å². The van der Waals surface area contributed by atoms with E-state index in [1.807, 2.05) is 0 Å². The Kier molecular flexibility index (Phi) is 14.7. The molecule has 0 bridgehead atoms. The molecule has 5 rings (SSSR count). The normalized spacial score (nSPS) is 53.9. The first-order chi connectivity index (χ1) is 25.1. The van der Waals surface area contributed by atoms with Crippen molar-refractivity contribution >= 4 is 0 Å². The van der Waals surface area contributed by atoms with Crippen LogP contribution in [0.15, 0.2) is 0 Å². The van der Waals surface area contributed by atoms with Crippen LogP contribution in [0.25, 0.3) is 0 Å². The van der Waals surface area contributed by atoms with E-state index in [0.717, 1.165) is 0 Å². The summed E-state index contributed by atoms with van der Waals surface area (Å²) in [6, 6.07) is -5.84. The van der Waals surface area contributed by atoms with Gasteiger partial charge in [-0.1, -0.05) is 0 Å². The SMILES string of the molecule is NC[C@@H]1O[C@H](O[C@H]2[C@@H](O)[C@H](O[C@@H]3[C@@H](O)[C@H](N)C[C@H](N)[C@H]3O[C@H]3O[C@H](CO)[C@@H](O[C@@H]4O[C@H](CO)[C@@H](N)[C@H](O)[C@H]4O)[C@H](O)[C@H]3N)O[C@@H]2CO)[C@H](N)[C@@H](O)[C@@H]1O. The first-order valence-electron chi connectivity index (χ1n) is 17.4. The van der Waals surface area contributed by atoms with Crippen molar-refractivity contribution in [1.29, 1.82) is 0 Å². The van der Waals surface area contributed by atoms with Crippen LogP contribution in [-0.2, 0) is 37.9 Å². The summed E-state index contributed by atoms with van der Waals surface area (Å²) >= 11 is 0. The molecule has 4 heterocycles. The minimum Gasteiger partial charge on any atom is -0.394 e. The molecule has 22 N–H and O–H groups in total. The summed E-state index contributed by atoms with van der Waals surface area (Å²) in [5, 5.41) is 105. The van der Waals surface area contributed by atoms with Gasteiger partial charge in [-0.25, -0.2) is 0 Å². The zero-order valence-electron chi connectivity index (χ0n) is 28.6. The molecule has 1 aliphatic carbocycles. The van der Waals surface area contributed by atoms with E-state index in [-0.39, 0.29) is 13.0 Å². The largest absolute Gasteiger partial charge is 0.394 e. The minimum absolute atomic E-state index is 0.00869. The predicted molar refractivity (Wildman–Crippen MR) is 171 cm³/mol. The second kappa shape index (κ2) is 18.1. The van der Waals surface area contributed by atoms with Gasteiger partial charge in [0.2, 0.25) is 0 Å².